The molecule has 10 heteroatoms. The topological polar surface area (TPSA) is 75.2 Å². The lowest BCUT2D eigenvalue weighted by Gasteiger charge is -2.09. The number of fused-ring (bicyclic) bond motifs is 4. The van der Waals surface area contributed by atoms with Gasteiger partial charge in [0.2, 0.25) is 0 Å². The zero-order chi connectivity index (χ0) is 22.8. The van der Waals surface area contributed by atoms with E-state index in [2.05, 4.69) is 0 Å². The van der Waals surface area contributed by atoms with Crippen LogP contribution in [0.15, 0.2) is 56.4 Å². The average Bonchev–Trinajstić information content (AvgIpc) is 2.83. The van der Waals surface area contributed by atoms with Gasteiger partial charge in [-0.05, 0) is 49.3 Å². The Kier molecular flexibility index (Phi) is 10.3. The fourth-order valence-electron chi connectivity index (χ4n) is 2.95. The Balaban J connectivity index is 2.04. The van der Waals surface area contributed by atoms with Crippen LogP contribution in [-0.2, 0) is 0 Å². The van der Waals surface area contributed by atoms with Crippen LogP contribution in [0.1, 0.15) is 22.8 Å². The van der Waals surface area contributed by atoms with Crippen LogP contribution in [0.4, 0.5) is 0 Å². The summed E-state index contributed by atoms with van der Waals surface area (Å²) >= 11 is 6.39. The monoisotopic (exact) mass is 502 g/mol. The van der Waals surface area contributed by atoms with Gasteiger partial charge in [0.1, 0.15) is 20.2 Å². The molecule has 1 aliphatic rings. The van der Waals surface area contributed by atoms with Crippen LogP contribution in [0.2, 0.25) is 0 Å². The molecule has 3 heterocycles. The lowest BCUT2D eigenvalue weighted by atomic mass is 10.3. The predicted octanol–water partition coefficient (Wildman–Crippen LogP) is 4.63. The summed E-state index contributed by atoms with van der Waals surface area (Å²) in [7, 11) is 0. The molecule has 0 saturated heterocycles. The van der Waals surface area contributed by atoms with Gasteiger partial charge in [-0.25, -0.2) is 9.97 Å². The van der Waals surface area contributed by atoms with Gasteiger partial charge in [-0.2, -0.15) is 0 Å². The number of rotatable bonds is 0. The highest BCUT2D eigenvalue weighted by Gasteiger charge is 2.11. The zero-order valence-corrected chi connectivity index (χ0v) is 21.9. The third kappa shape index (κ3) is 6.69. The molecule has 0 N–H and O–H groups in total. The number of hydrogen-bond acceptors (Lipinski definition) is 10. The Morgan fingerprint density at radius 3 is 0.938 bits per heavy atom. The molecular formula is C22H26N6S4. The maximum absolute atomic E-state index is 4.83. The molecular weight excluding hydrogens is 477 g/mol. The van der Waals surface area contributed by atoms with Gasteiger partial charge in [-0.15, -0.1) is 47.0 Å². The van der Waals surface area contributed by atoms with Crippen molar-refractivity contribution in [2.45, 2.75) is 0 Å². The van der Waals surface area contributed by atoms with E-state index in [9.17, 15) is 0 Å². The fraction of sp³-hybridized carbons (Fsp3) is 0.364. The minimum atomic E-state index is 0.590. The first-order valence-corrected chi connectivity index (χ1v) is 14.9. The molecule has 0 fully saturated rings. The molecule has 6 nitrogen and oxygen atoms in total. The fourth-order valence-corrected chi connectivity index (χ4v) is 5.13. The van der Waals surface area contributed by atoms with E-state index in [0.717, 1.165) is 43.0 Å². The molecule has 168 valence electrons. The molecule has 0 aromatic carbocycles. The summed E-state index contributed by atoms with van der Waals surface area (Å²) in [5.74, 6) is 0. The van der Waals surface area contributed by atoms with E-state index in [1.807, 2.05) is 61.4 Å². The van der Waals surface area contributed by atoms with Gasteiger partial charge in [0.15, 0.2) is 0 Å². The van der Waals surface area contributed by atoms with Crippen molar-refractivity contribution in [1.82, 2.24) is 9.97 Å². The maximum Gasteiger partial charge on any atom is 0.116 e. The van der Waals surface area contributed by atoms with E-state index in [1.54, 1.807) is 47.0 Å². The molecule has 3 rings (SSSR count). The Hall–Kier alpha value is -1.62. The summed E-state index contributed by atoms with van der Waals surface area (Å²) in [6.07, 6.45) is 8.10. The highest BCUT2D eigenvalue weighted by atomic mass is 32.2. The Morgan fingerprint density at radius 2 is 0.719 bits per heavy atom. The highest BCUT2D eigenvalue weighted by Crippen LogP contribution is 2.16. The van der Waals surface area contributed by atoms with E-state index in [1.165, 1.54) is 0 Å². The second kappa shape index (κ2) is 13.2. The van der Waals surface area contributed by atoms with Crippen LogP contribution in [0, 0.1) is 0 Å². The summed E-state index contributed by atoms with van der Waals surface area (Å²) in [4.78, 5) is 28.7. The second-order valence-electron chi connectivity index (χ2n) is 6.38. The van der Waals surface area contributed by atoms with Gasteiger partial charge < -0.3 is 0 Å². The molecule has 0 aliphatic carbocycles. The summed E-state index contributed by atoms with van der Waals surface area (Å²) < 4.78 is 0. The molecule has 0 amide bonds. The van der Waals surface area contributed by atoms with Crippen LogP contribution >= 0.6 is 47.0 Å². The minimum Gasteiger partial charge on any atom is -0.274 e. The molecule has 2 aromatic rings. The highest BCUT2D eigenvalue weighted by molar-refractivity contribution is 8.14. The molecule has 4 bridgehead atoms. The lowest BCUT2D eigenvalue weighted by molar-refractivity contribution is 0.975. The smallest absolute Gasteiger partial charge is 0.116 e. The van der Waals surface area contributed by atoms with Crippen LogP contribution < -0.4 is 0 Å². The molecule has 0 atom stereocenters. The van der Waals surface area contributed by atoms with Gasteiger partial charge in [0.05, 0.1) is 49.0 Å². The quantitative estimate of drug-likeness (QED) is 0.523. The van der Waals surface area contributed by atoms with Crippen molar-refractivity contribution in [2.24, 2.45) is 20.0 Å². The van der Waals surface area contributed by atoms with E-state index in [4.69, 9.17) is 29.9 Å². The summed E-state index contributed by atoms with van der Waals surface area (Å²) in [5.41, 5.74) is 3.46. The van der Waals surface area contributed by atoms with Crippen molar-refractivity contribution >= 4 is 67.2 Å². The summed E-state index contributed by atoms with van der Waals surface area (Å²) in [6.45, 7) is 2.36. The molecule has 1 aliphatic heterocycles. The standard InChI is InChI=1S/C22H26N6S4/c1-29-19-15-7-5-8-16(27-15)20(30-2)25-13-14-26-22(32-4)18-10-6-9-17(28-18)21(31-3)24-12-11-23-19/h5-10H,11-14H2,1-4H3. The van der Waals surface area contributed by atoms with Gasteiger partial charge in [0, 0.05) is 0 Å². The van der Waals surface area contributed by atoms with Crippen LogP contribution in [-0.4, -0.2) is 81.3 Å². The number of hydrogen-bond donors (Lipinski definition) is 0. The number of pyridine rings is 2. The van der Waals surface area contributed by atoms with E-state index in [0.29, 0.717) is 26.2 Å². The lowest BCUT2D eigenvalue weighted by Crippen LogP contribution is -2.09. The summed E-state index contributed by atoms with van der Waals surface area (Å²) in [5, 5.41) is 3.62. The molecule has 0 unspecified atom stereocenters. The van der Waals surface area contributed by atoms with Gasteiger partial charge in [0.25, 0.3) is 0 Å². The Morgan fingerprint density at radius 1 is 0.469 bits per heavy atom. The normalized spacial score (nSPS) is 15.6. The van der Waals surface area contributed by atoms with Crippen molar-refractivity contribution in [3.8, 4) is 0 Å². The molecule has 2 aromatic heterocycles. The molecule has 0 saturated carbocycles. The molecule has 0 radical (unpaired) electrons. The number of nitrogens with zero attached hydrogens (tertiary/aromatic N) is 6. The minimum absolute atomic E-state index is 0.590. The van der Waals surface area contributed by atoms with Crippen molar-refractivity contribution in [3.05, 3.63) is 59.2 Å². The summed E-state index contributed by atoms with van der Waals surface area (Å²) in [6, 6.07) is 12.0. The van der Waals surface area contributed by atoms with Crippen LogP contribution in [0.25, 0.3) is 0 Å². The largest absolute Gasteiger partial charge is 0.274 e. The van der Waals surface area contributed by atoms with Gasteiger partial charge in [-0.3, -0.25) is 20.0 Å². The SMILES string of the molecule is CSC1=NCCN=C(SC)c2cccc(n2)C(SC)=NCCN=C(SC)c2cccc1n2. The van der Waals surface area contributed by atoms with E-state index < -0.39 is 0 Å². The third-order valence-electron chi connectivity index (χ3n) is 4.37. The van der Waals surface area contributed by atoms with Crippen molar-refractivity contribution in [3.63, 3.8) is 0 Å². The molecule has 32 heavy (non-hydrogen) atoms. The Bertz CT molecular complexity index is 890. The first-order valence-electron chi connectivity index (χ1n) is 9.99. The number of aliphatic imine (C=N–C) groups is 4. The molecule has 0 spiro atoms. The van der Waals surface area contributed by atoms with Crippen molar-refractivity contribution in [2.75, 3.05) is 51.2 Å². The predicted molar refractivity (Wildman–Crippen MR) is 148 cm³/mol. The van der Waals surface area contributed by atoms with Crippen LogP contribution in [0.3, 0.4) is 0 Å². The van der Waals surface area contributed by atoms with Crippen molar-refractivity contribution in [1.29, 1.82) is 0 Å². The van der Waals surface area contributed by atoms with Crippen molar-refractivity contribution < 1.29 is 0 Å². The average molecular weight is 503 g/mol. The van der Waals surface area contributed by atoms with Gasteiger partial charge >= 0.3 is 0 Å². The maximum atomic E-state index is 4.83. The van der Waals surface area contributed by atoms with Crippen LogP contribution in [0.5, 0.6) is 0 Å². The Labute approximate surface area is 206 Å². The number of aromatic nitrogens is 2. The second-order valence-corrected chi connectivity index (χ2v) is 9.56. The van der Waals surface area contributed by atoms with E-state index >= 15 is 0 Å². The van der Waals surface area contributed by atoms with Gasteiger partial charge in [-0.1, -0.05) is 12.1 Å². The first kappa shape index (κ1) is 25.0. The number of thioether (sulfide) groups is 4. The zero-order valence-electron chi connectivity index (χ0n) is 18.6. The van der Waals surface area contributed by atoms with E-state index in [-0.39, 0.29) is 0 Å². The third-order valence-corrected chi connectivity index (χ3v) is 7.27. The first-order chi connectivity index (χ1) is 15.7.